The topological polar surface area (TPSA) is 18.1 Å². The van der Waals surface area contributed by atoms with Crippen LogP contribution in [0.2, 0.25) is 0 Å². The third-order valence-corrected chi connectivity index (χ3v) is 11.9. The van der Waals surface area contributed by atoms with Crippen molar-refractivity contribution in [1.82, 2.24) is 4.57 Å². The minimum Gasteiger partial charge on any atom is -0.456 e. The molecule has 0 N–H and O–H groups in total. The molecule has 0 atom stereocenters. The first kappa shape index (κ1) is 27.4. The van der Waals surface area contributed by atoms with Gasteiger partial charge in [0.1, 0.15) is 11.2 Å². The lowest BCUT2D eigenvalue weighted by atomic mass is 9.82. The fraction of sp³-hybridized carbons (Fsp3) is 0.0612. The second kappa shape index (κ2) is 9.44. The number of furan rings is 1. The van der Waals surface area contributed by atoms with E-state index in [1.807, 2.05) is 6.07 Å². The van der Waals surface area contributed by atoms with Crippen molar-refractivity contribution in [2.24, 2.45) is 0 Å². The number of nitrogens with zero attached hydrogens (tertiary/aromatic N) is 1. The maximum absolute atomic E-state index is 6.36. The standard InChI is InChI=1S/C49H31NO/c1-49(2)41-26-44-39(24-37(41)38-25-40-34-13-4-6-16-45(34)51-46(40)27-42(38)49)33-12-3-5-15-43(33)50(44)32-21-19-28(20-22-32)36-23-31-11-7-9-29-17-18-30-10-8-14-35(36)48(30)47(29)31/h3-27H,1-2H3. The van der Waals surface area contributed by atoms with Crippen molar-refractivity contribution in [3.63, 3.8) is 0 Å². The van der Waals surface area contributed by atoms with Crippen LogP contribution >= 0.6 is 0 Å². The largest absolute Gasteiger partial charge is 0.456 e. The molecule has 2 aromatic heterocycles. The van der Waals surface area contributed by atoms with E-state index in [9.17, 15) is 0 Å². The normalized spacial score (nSPS) is 13.8. The molecule has 0 amide bonds. The first-order valence-electron chi connectivity index (χ1n) is 17.8. The van der Waals surface area contributed by atoms with Gasteiger partial charge in [-0.3, -0.25) is 0 Å². The molecule has 2 heterocycles. The lowest BCUT2D eigenvalue weighted by Crippen LogP contribution is -2.15. The fourth-order valence-corrected chi connectivity index (χ4v) is 9.48. The van der Waals surface area contributed by atoms with Crippen LogP contribution in [0.3, 0.4) is 0 Å². The SMILES string of the molecule is CC1(C)c2cc3oc4ccccc4c3cc2-c2cc3c4ccccc4n(-c4ccc(-c5cc6cccc7ccc8cccc5c8c76)cc4)c3cc21. The number of aromatic nitrogens is 1. The molecule has 12 rings (SSSR count). The third-order valence-electron chi connectivity index (χ3n) is 11.9. The predicted molar refractivity (Wildman–Crippen MR) is 215 cm³/mol. The summed E-state index contributed by atoms with van der Waals surface area (Å²) in [5.74, 6) is 0. The van der Waals surface area contributed by atoms with Crippen LogP contribution in [0.25, 0.3) is 104 Å². The third kappa shape index (κ3) is 3.51. The molecule has 2 nitrogen and oxygen atoms in total. The van der Waals surface area contributed by atoms with Crippen LogP contribution in [0.5, 0.6) is 0 Å². The Hall–Kier alpha value is -6.38. The Bertz CT molecular complexity index is 3260. The summed E-state index contributed by atoms with van der Waals surface area (Å²) in [5, 5.41) is 12.8. The van der Waals surface area contributed by atoms with Gasteiger partial charge in [-0.05, 0) is 120 Å². The average molecular weight is 650 g/mol. The first-order chi connectivity index (χ1) is 25.0. The maximum atomic E-state index is 6.36. The molecule has 2 heteroatoms. The van der Waals surface area contributed by atoms with Crippen molar-refractivity contribution in [3.05, 3.63) is 163 Å². The summed E-state index contributed by atoms with van der Waals surface area (Å²) in [4.78, 5) is 0. The van der Waals surface area contributed by atoms with Crippen molar-refractivity contribution in [2.45, 2.75) is 19.3 Å². The maximum Gasteiger partial charge on any atom is 0.135 e. The van der Waals surface area contributed by atoms with Gasteiger partial charge in [-0.25, -0.2) is 0 Å². The van der Waals surface area contributed by atoms with Gasteiger partial charge in [0, 0.05) is 32.6 Å². The lowest BCUT2D eigenvalue weighted by molar-refractivity contribution is 0.647. The Morgan fingerprint density at radius 2 is 1.10 bits per heavy atom. The van der Waals surface area contributed by atoms with Gasteiger partial charge in [-0.2, -0.15) is 0 Å². The van der Waals surface area contributed by atoms with Gasteiger partial charge >= 0.3 is 0 Å². The molecule has 0 radical (unpaired) electrons. The van der Waals surface area contributed by atoms with Gasteiger partial charge in [-0.15, -0.1) is 0 Å². The van der Waals surface area contributed by atoms with Crippen LogP contribution in [0.15, 0.2) is 156 Å². The molecule has 0 bridgehead atoms. The van der Waals surface area contributed by atoms with Gasteiger partial charge in [0.2, 0.25) is 0 Å². The van der Waals surface area contributed by atoms with Crippen molar-refractivity contribution in [3.8, 4) is 27.9 Å². The number of rotatable bonds is 2. The van der Waals surface area contributed by atoms with Crippen LogP contribution in [-0.4, -0.2) is 4.57 Å². The summed E-state index contributed by atoms with van der Waals surface area (Å²) in [5.41, 5.74) is 13.2. The van der Waals surface area contributed by atoms with Crippen molar-refractivity contribution >= 4 is 76.1 Å². The highest BCUT2D eigenvalue weighted by Gasteiger charge is 2.37. The number of hydrogen-bond donors (Lipinski definition) is 0. The van der Waals surface area contributed by atoms with Gasteiger partial charge in [0.15, 0.2) is 0 Å². The van der Waals surface area contributed by atoms with Gasteiger partial charge in [-0.1, -0.05) is 111 Å². The first-order valence-corrected chi connectivity index (χ1v) is 17.8. The van der Waals surface area contributed by atoms with E-state index in [2.05, 4.69) is 164 Å². The highest BCUT2D eigenvalue weighted by molar-refractivity contribution is 6.26. The minimum atomic E-state index is -0.176. The van der Waals surface area contributed by atoms with E-state index in [0.29, 0.717) is 0 Å². The molecule has 1 aliphatic carbocycles. The summed E-state index contributed by atoms with van der Waals surface area (Å²) in [6, 6.07) is 56.3. The molecule has 0 saturated heterocycles. The second-order valence-electron chi connectivity index (χ2n) is 14.9. The monoisotopic (exact) mass is 649 g/mol. The quantitative estimate of drug-likeness (QED) is 0.170. The molecule has 238 valence electrons. The zero-order valence-electron chi connectivity index (χ0n) is 28.3. The number of benzene rings is 9. The molecular formula is C49H31NO. The van der Waals surface area contributed by atoms with Gasteiger partial charge in [0.25, 0.3) is 0 Å². The molecule has 0 aliphatic heterocycles. The Kier molecular flexibility index (Phi) is 5.08. The zero-order valence-corrected chi connectivity index (χ0v) is 28.3. The summed E-state index contributed by atoms with van der Waals surface area (Å²) in [6.45, 7) is 4.72. The predicted octanol–water partition coefficient (Wildman–Crippen LogP) is 13.6. The Balaban J connectivity index is 1.06. The smallest absolute Gasteiger partial charge is 0.135 e. The average Bonchev–Trinajstić information content (AvgIpc) is 3.77. The van der Waals surface area contributed by atoms with E-state index in [0.717, 1.165) is 11.2 Å². The molecule has 9 aromatic carbocycles. The van der Waals surface area contributed by atoms with E-state index >= 15 is 0 Å². The fourth-order valence-electron chi connectivity index (χ4n) is 9.48. The molecule has 1 aliphatic rings. The van der Waals surface area contributed by atoms with Crippen LogP contribution in [0, 0.1) is 0 Å². The van der Waals surface area contributed by atoms with E-state index in [-0.39, 0.29) is 5.41 Å². The van der Waals surface area contributed by atoms with E-state index in [4.69, 9.17) is 4.42 Å². The van der Waals surface area contributed by atoms with Crippen LogP contribution in [-0.2, 0) is 5.41 Å². The van der Waals surface area contributed by atoms with E-state index in [1.165, 1.54) is 104 Å². The van der Waals surface area contributed by atoms with Gasteiger partial charge < -0.3 is 8.98 Å². The lowest BCUT2D eigenvalue weighted by Gasteiger charge is -2.21. The van der Waals surface area contributed by atoms with Crippen molar-refractivity contribution in [2.75, 3.05) is 0 Å². The Labute approximate surface area is 294 Å². The zero-order chi connectivity index (χ0) is 33.6. The number of para-hydroxylation sites is 2. The molecule has 11 aromatic rings. The molecule has 0 unspecified atom stereocenters. The molecule has 0 saturated carbocycles. The second-order valence-corrected chi connectivity index (χ2v) is 14.9. The summed E-state index contributed by atoms with van der Waals surface area (Å²) in [7, 11) is 0. The molecule has 0 fully saturated rings. The van der Waals surface area contributed by atoms with E-state index in [1.54, 1.807) is 0 Å². The number of hydrogen-bond acceptors (Lipinski definition) is 1. The summed E-state index contributed by atoms with van der Waals surface area (Å²) >= 11 is 0. The highest BCUT2D eigenvalue weighted by atomic mass is 16.3. The van der Waals surface area contributed by atoms with E-state index < -0.39 is 0 Å². The van der Waals surface area contributed by atoms with Crippen LogP contribution < -0.4 is 0 Å². The molecular weight excluding hydrogens is 619 g/mol. The van der Waals surface area contributed by atoms with Crippen molar-refractivity contribution in [1.29, 1.82) is 0 Å². The minimum absolute atomic E-state index is 0.176. The highest BCUT2D eigenvalue weighted by Crippen LogP contribution is 2.53. The van der Waals surface area contributed by atoms with Gasteiger partial charge in [0.05, 0.1) is 11.0 Å². The summed E-state index contributed by atoms with van der Waals surface area (Å²) in [6.07, 6.45) is 0. The van der Waals surface area contributed by atoms with Crippen LogP contribution in [0.4, 0.5) is 0 Å². The molecule has 0 spiro atoms. The van der Waals surface area contributed by atoms with Crippen LogP contribution in [0.1, 0.15) is 25.0 Å². The number of fused-ring (bicyclic) bond motifs is 9. The Morgan fingerprint density at radius 3 is 1.94 bits per heavy atom. The van der Waals surface area contributed by atoms with Crippen molar-refractivity contribution < 1.29 is 4.42 Å². The Morgan fingerprint density at radius 1 is 0.431 bits per heavy atom. The molecule has 51 heavy (non-hydrogen) atoms. The summed E-state index contributed by atoms with van der Waals surface area (Å²) < 4.78 is 8.82.